The van der Waals surface area contributed by atoms with Gasteiger partial charge in [-0.25, -0.2) is 9.18 Å². The van der Waals surface area contributed by atoms with E-state index in [4.69, 9.17) is 4.74 Å². The van der Waals surface area contributed by atoms with E-state index >= 15 is 0 Å². The number of benzene rings is 2. The van der Waals surface area contributed by atoms with Crippen LogP contribution in [-0.4, -0.2) is 11.1 Å². The zero-order valence-corrected chi connectivity index (χ0v) is 10.0. The highest BCUT2D eigenvalue weighted by Crippen LogP contribution is 2.34. The van der Waals surface area contributed by atoms with Gasteiger partial charge in [-0.05, 0) is 34.9 Å². The lowest BCUT2D eigenvalue weighted by atomic mass is 9.92. The number of hydrogen-bond donors (Lipinski definition) is 1. The summed E-state index contributed by atoms with van der Waals surface area (Å²) in [5.41, 5.74) is 3.41. The van der Waals surface area contributed by atoms with Gasteiger partial charge in [-0.1, -0.05) is 18.2 Å². The van der Waals surface area contributed by atoms with Crippen LogP contribution in [0.3, 0.4) is 0 Å². The first-order valence-corrected chi connectivity index (χ1v) is 5.88. The van der Waals surface area contributed by atoms with Gasteiger partial charge >= 0.3 is 5.97 Å². The summed E-state index contributed by atoms with van der Waals surface area (Å²) in [6, 6.07) is 9.20. The Labute approximate surface area is 109 Å². The molecule has 19 heavy (non-hydrogen) atoms. The summed E-state index contributed by atoms with van der Waals surface area (Å²) in [4.78, 5) is 11.3. The summed E-state index contributed by atoms with van der Waals surface area (Å²) in [6.45, 7) is 0.882. The second-order valence-corrected chi connectivity index (χ2v) is 4.43. The van der Waals surface area contributed by atoms with Crippen molar-refractivity contribution < 1.29 is 19.0 Å². The molecule has 1 heterocycles. The Kier molecular flexibility index (Phi) is 2.80. The van der Waals surface area contributed by atoms with Crippen LogP contribution in [0, 0.1) is 5.82 Å². The fourth-order valence-electron chi connectivity index (χ4n) is 2.38. The van der Waals surface area contributed by atoms with Gasteiger partial charge in [0.2, 0.25) is 0 Å². The predicted molar refractivity (Wildman–Crippen MR) is 67.3 cm³/mol. The molecule has 2 aromatic carbocycles. The van der Waals surface area contributed by atoms with E-state index in [9.17, 15) is 14.3 Å². The monoisotopic (exact) mass is 258 g/mol. The Bertz CT molecular complexity index is 647. The molecule has 0 fully saturated rings. The summed E-state index contributed by atoms with van der Waals surface area (Å²) in [6.07, 6.45) is 0. The Hall–Kier alpha value is -2.20. The molecule has 0 amide bonds. The van der Waals surface area contributed by atoms with E-state index in [1.165, 1.54) is 12.1 Å². The van der Waals surface area contributed by atoms with Gasteiger partial charge in [-0.15, -0.1) is 0 Å². The third-order valence-corrected chi connectivity index (χ3v) is 3.28. The number of carboxylic acids is 1. The van der Waals surface area contributed by atoms with E-state index in [0.717, 1.165) is 11.1 Å². The first kappa shape index (κ1) is 11.9. The van der Waals surface area contributed by atoms with E-state index in [0.29, 0.717) is 24.3 Å². The van der Waals surface area contributed by atoms with Gasteiger partial charge in [0.05, 0.1) is 18.8 Å². The molecule has 0 aromatic heterocycles. The molecule has 0 spiro atoms. The molecule has 1 aliphatic rings. The summed E-state index contributed by atoms with van der Waals surface area (Å²) >= 11 is 0. The van der Waals surface area contributed by atoms with Crippen molar-refractivity contribution in [2.24, 2.45) is 0 Å². The molecule has 0 atom stereocenters. The van der Waals surface area contributed by atoms with Crippen molar-refractivity contribution in [1.29, 1.82) is 0 Å². The lowest BCUT2D eigenvalue weighted by Crippen LogP contribution is -2.03. The molecule has 3 rings (SSSR count). The van der Waals surface area contributed by atoms with Crippen LogP contribution in [0.15, 0.2) is 36.4 Å². The molecule has 3 nitrogen and oxygen atoms in total. The van der Waals surface area contributed by atoms with Crippen LogP contribution in [0.4, 0.5) is 4.39 Å². The van der Waals surface area contributed by atoms with Crippen LogP contribution in [0.5, 0.6) is 0 Å². The number of hydrogen-bond acceptors (Lipinski definition) is 2. The van der Waals surface area contributed by atoms with Crippen LogP contribution in [0.2, 0.25) is 0 Å². The number of rotatable bonds is 2. The van der Waals surface area contributed by atoms with Crippen LogP contribution in [0.25, 0.3) is 11.1 Å². The standard InChI is InChI=1S/C15H11FO3/c16-11-4-1-9(2-5-11)14-12(15(17)18)6-3-10-7-19-8-13(10)14/h1-6H,7-8H2,(H,17,18). The average Bonchev–Trinajstić information content (AvgIpc) is 2.86. The smallest absolute Gasteiger partial charge is 0.336 e. The highest BCUT2D eigenvalue weighted by Gasteiger charge is 2.22. The van der Waals surface area contributed by atoms with Crippen molar-refractivity contribution in [2.45, 2.75) is 13.2 Å². The molecule has 1 aliphatic heterocycles. The minimum Gasteiger partial charge on any atom is -0.478 e. The van der Waals surface area contributed by atoms with E-state index in [-0.39, 0.29) is 11.4 Å². The van der Waals surface area contributed by atoms with E-state index in [1.807, 2.05) is 0 Å². The minimum absolute atomic E-state index is 0.218. The number of halogens is 1. The molecule has 0 bridgehead atoms. The highest BCUT2D eigenvalue weighted by molar-refractivity contribution is 5.97. The van der Waals surface area contributed by atoms with Crippen molar-refractivity contribution in [1.82, 2.24) is 0 Å². The summed E-state index contributed by atoms with van der Waals surface area (Å²) in [5, 5.41) is 9.30. The fraction of sp³-hybridized carbons (Fsp3) is 0.133. The highest BCUT2D eigenvalue weighted by atomic mass is 19.1. The topological polar surface area (TPSA) is 46.5 Å². The molecular weight excluding hydrogens is 247 g/mol. The van der Waals surface area contributed by atoms with E-state index in [1.54, 1.807) is 24.3 Å². The summed E-state index contributed by atoms with van der Waals surface area (Å²) in [5.74, 6) is -1.33. The Morgan fingerprint density at radius 1 is 1.11 bits per heavy atom. The third-order valence-electron chi connectivity index (χ3n) is 3.28. The fourth-order valence-corrected chi connectivity index (χ4v) is 2.38. The van der Waals surface area contributed by atoms with Crippen LogP contribution in [-0.2, 0) is 18.0 Å². The molecule has 1 N–H and O–H groups in total. The zero-order chi connectivity index (χ0) is 13.4. The predicted octanol–water partition coefficient (Wildman–Crippen LogP) is 3.22. The van der Waals surface area contributed by atoms with Crippen LogP contribution < -0.4 is 0 Å². The molecule has 96 valence electrons. The largest absolute Gasteiger partial charge is 0.478 e. The maximum absolute atomic E-state index is 13.0. The molecule has 0 saturated heterocycles. The summed E-state index contributed by atoms with van der Waals surface area (Å²) < 4.78 is 18.4. The molecule has 2 aromatic rings. The zero-order valence-electron chi connectivity index (χ0n) is 10.0. The molecule has 0 radical (unpaired) electrons. The first-order chi connectivity index (χ1) is 9.16. The van der Waals surface area contributed by atoms with Crippen molar-refractivity contribution in [3.05, 3.63) is 58.9 Å². The minimum atomic E-state index is -0.992. The Morgan fingerprint density at radius 3 is 2.53 bits per heavy atom. The van der Waals surface area contributed by atoms with Gasteiger partial charge in [0.1, 0.15) is 5.82 Å². The maximum atomic E-state index is 13.0. The Morgan fingerprint density at radius 2 is 1.84 bits per heavy atom. The lowest BCUT2D eigenvalue weighted by molar-refractivity contribution is 0.0697. The molecule has 0 aliphatic carbocycles. The van der Waals surface area contributed by atoms with Gasteiger partial charge in [-0.3, -0.25) is 0 Å². The summed E-state index contributed by atoms with van der Waals surface area (Å²) in [7, 11) is 0. The van der Waals surface area contributed by atoms with Crippen molar-refractivity contribution in [2.75, 3.05) is 0 Å². The first-order valence-electron chi connectivity index (χ1n) is 5.88. The van der Waals surface area contributed by atoms with Gasteiger partial charge in [0, 0.05) is 5.56 Å². The van der Waals surface area contributed by atoms with Crippen molar-refractivity contribution in [3.63, 3.8) is 0 Å². The molecule has 0 unspecified atom stereocenters. The number of fused-ring (bicyclic) bond motifs is 1. The lowest BCUT2D eigenvalue weighted by Gasteiger charge is -2.11. The van der Waals surface area contributed by atoms with Crippen LogP contribution >= 0.6 is 0 Å². The molecule has 4 heteroatoms. The number of ether oxygens (including phenoxy) is 1. The third kappa shape index (κ3) is 2.00. The second kappa shape index (κ2) is 4.48. The van der Waals surface area contributed by atoms with Crippen molar-refractivity contribution >= 4 is 5.97 Å². The van der Waals surface area contributed by atoms with E-state index < -0.39 is 5.97 Å². The van der Waals surface area contributed by atoms with Gasteiger partial charge in [0.15, 0.2) is 0 Å². The van der Waals surface area contributed by atoms with Gasteiger partial charge in [-0.2, -0.15) is 0 Å². The van der Waals surface area contributed by atoms with Gasteiger partial charge < -0.3 is 9.84 Å². The maximum Gasteiger partial charge on any atom is 0.336 e. The number of carbonyl (C=O) groups is 1. The molecule has 0 saturated carbocycles. The second-order valence-electron chi connectivity index (χ2n) is 4.43. The molecular formula is C15H11FO3. The quantitative estimate of drug-likeness (QED) is 0.899. The Balaban J connectivity index is 2.25. The number of carboxylic acid groups (broad SMARTS) is 1. The SMILES string of the molecule is O=C(O)c1ccc2c(c1-c1ccc(F)cc1)COC2. The normalized spacial score (nSPS) is 13.3. The van der Waals surface area contributed by atoms with Crippen LogP contribution in [0.1, 0.15) is 21.5 Å². The van der Waals surface area contributed by atoms with Gasteiger partial charge in [0.25, 0.3) is 0 Å². The van der Waals surface area contributed by atoms with Crippen molar-refractivity contribution in [3.8, 4) is 11.1 Å². The van der Waals surface area contributed by atoms with E-state index in [2.05, 4.69) is 0 Å². The average molecular weight is 258 g/mol. The number of aromatic carboxylic acids is 1.